The Balaban J connectivity index is 2.55. The standard InChI is InChI=1S/C12H23NO4/c1-9(11(15)16-4)5-13-6-10(7-14)17-12(2,3)8-13/h9-10,14H,5-8H2,1-4H3. The first kappa shape index (κ1) is 14.4. The molecule has 100 valence electrons. The van der Waals surface area contributed by atoms with Crippen molar-refractivity contribution in [2.24, 2.45) is 5.92 Å². The zero-order valence-corrected chi connectivity index (χ0v) is 11.1. The topological polar surface area (TPSA) is 59.0 Å². The summed E-state index contributed by atoms with van der Waals surface area (Å²) < 4.78 is 10.4. The predicted octanol–water partition coefficient (Wildman–Crippen LogP) is 0.267. The fourth-order valence-electron chi connectivity index (χ4n) is 2.31. The number of methoxy groups -OCH3 is 1. The highest BCUT2D eigenvalue weighted by Crippen LogP contribution is 2.21. The third kappa shape index (κ3) is 4.26. The van der Waals surface area contributed by atoms with Crippen molar-refractivity contribution in [3.8, 4) is 0 Å². The van der Waals surface area contributed by atoms with E-state index in [4.69, 9.17) is 9.47 Å². The number of aliphatic hydroxyl groups is 1. The molecule has 0 bridgehead atoms. The zero-order valence-electron chi connectivity index (χ0n) is 11.1. The van der Waals surface area contributed by atoms with Crippen molar-refractivity contribution in [3.63, 3.8) is 0 Å². The first-order valence-electron chi connectivity index (χ1n) is 5.97. The molecular weight excluding hydrogens is 222 g/mol. The van der Waals surface area contributed by atoms with Crippen LogP contribution in [0.15, 0.2) is 0 Å². The molecule has 1 saturated heterocycles. The molecule has 1 aliphatic heterocycles. The highest BCUT2D eigenvalue weighted by molar-refractivity contribution is 5.72. The van der Waals surface area contributed by atoms with Gasteiger partial charge in [0, 0.05) is 19.6 Å². The summed E-state index contributed by atoms with van der Waals surface area (Å²) >= 11 is 0. The largest absolute Gasteiger partial charge is 0.469 e. The molecule has 5 heteroatoms. The molecule has 0 aromatic heterocycles. The van der Waals surface area contributed by atoms with Crippen molar-refractivity contribution in [2.45, 2.75) is 32.5 Å². The molecule has 0 saturated carbocycles. The maximum absolute atomic E-state index is 11.4. The number of carbonyl (C=O) groups is 1. The summed E-state index contributed by atoms with van der Waals surface area (Å²) in [5, 5.41) is 9.19. The number of hydrogen-bond acceptors (Lipinski definition) is 5. The lowest BCUT2D eigenvalue weighted by Crippen LogP contribution is -2.55. The van der Waals surface area contributed by atoms with Crippen LogP contribution in [-0.4, -0.2) is 61.0 Å². The lowest BCUT2D eigenvalue weighted by Gasteiger charge is -2.42. The van der Waals surface area contributed by atoms with Crippen LogP contribution < -0.4 is 0 Å². The molecule has 17 heavy (non-hydrogen) atoms. The summed E-state index contributed by atoms with van der Waals surface area (Å²) in [6.45, 7) is 7.88. The van der Waals surface area contributed by atoms with E-state index < -0.39 is 0 Å². The van der Waals surface area contributed by atoms with Crippen LogP contribution in [0.2, 0.25) is 0 Å². The Hall–Kier alpha value is -0.650. The fraction of sp³-hybridized carbons (Fsp3) is 0.917. The Morgan fingerprint density at radius 3 is 2.82 bits per heavy atom. The van der Waals surface area contributed by atoms with Gasteiger partial charge in [0.15, 0.2) is 0 Å². The van der Waals surface area contributed by atoms with Gasteiger partial charge in [-0.3, -0.25) is 9.69 Å². The van der Waals surface area contributed by atoms with Crippen molar-refractivity contribution >= 4 is 5.97 Å². The lowest BCUT2D eigenvalue weighted by atomic mass is 10.0. The molecule has 2 atom stereocenters. The number of rotatable bonds is 4. The first-order valence-corrected chi connectivity index (χ1v) is 5.97. The monoisotopic (exact) mass is 245 g/mol. The Morgan fingerprint density at radius 1 is 1.65 bits per heavy atom. The second-order valence-corrected chi connectivity index (χ2v) is 5.30. The van der Waals surface area contributed by atoms with Crippen LogP contribution >= 0.6 is 0 Å². The van der Waals surface area contributed by atoms with Gasteiger partial charge in [-0.1, -0.05) is 6.92 Å². The average Bonchev–Trinajstić information content (AvgIpc) is 2.25. The molecule has 1 N–H and O–H groups in total. The molecule has 0 radical (unpaired) electrons. The van der Waals surface area contributed by atoms with Gasteiger partial charge in [-0.2, -0.15) is 0 Å². The van der Waals surface area contributed by atoms with E-state index in [0.717, 1.165) is 6.54 Å². The summed E-state index contributed by atoms with van der Waals surface area (Å²) in [4.78, 5) is 13.5. The van der Waals surface area contributed by atoms with Gasteiger partial charge in [0.2, 0.25) is 0 Å². The minimum Gasteiger partial charge on any atom is -0.469 e. The van der Waals surface area contributed by atoms with Gasteiger partial charge >= 0.3 is 5.97 Å². The fourth-order valence-corrected chi connectivity index (χ4v) is 2.31. The first-order chi connectivity index (χ1) is 7.88. The van der Waals surface area contributed by atoms with E-state index in [1.807, 2.05) is 20.8 Å². The third-order valence-electron chi connectivity index (χ3n) is 2.89. The van der Waals surface area contributed by atoms with Crippen molar-refractivity contribution in [2.75, 3.05) is 33.4 Å². The third-order valence-corrected chi connectivity index (χ3v) is 2.89. The van der Waals surface area contributed by atoms with Crippen molar-refractivity contribution in [1.29, 1.82) is 0 Å². The van der Waals surface area contributed by atoms with E-state index in [0.29, 0.717) is 13.1 Å². The molecule has 0 aromatic rings. The van der Waals surface area contributed by atoms with Gasteiger partial charge < -0.3 is 14.6 Å². The summed E-state index contributed by atoms with van der Waals surface area (Å²) in [5.41, 5.74) is -0.290. The maximum atomic E-state index is 11.4. The molecule has 2 unspecified atom stereocenters. The quantitative estimate of drug-likeness (QED) is 0.720. The molecule has 5 nitrogen and oxygen atoms in total. The van der Waals surface area contributed by atoms with E-state index in [1.54, 1.807) is 0 Å². The number of aliphatic hydroxyl groups excluding tert-OH is 1. The van der Waals surface area contributed by atoms with Crippen LogP contribution in [-0.2, 0) is 14.3 Å². The zero-order chi connectivity index (χ0) is 13.1. The summed E-state index contributed by atoms with van der Waals surface area (Å²) in [7, 11) is 1.40. The van der Waals surface area contributed by atoms with E-state index in [9.17, 15) is 9.90 Å². The molecule has 1 heterocycles. The second kappa shape index (κ2) is 5.80. The Morgan fingerprint density at radius 2 is 2.29 bits per heavy atom. The highest BCUT2D eigenvalue weighted by Gasteiger charge is 2.34. The van der Waals surface area contributed by atoms with E-state index >= 15 is 0 Å². The van der Waals surface area contributed by atoms with Gasteiger partial charge in [0.25, 0.3) is 0 Å². The molecule has 0 aromatic carbocycles. The number of esters is 1. The van der Waals surface area contributed by atoms with Crippen molar-refractivity contribution in [3.05, 3.63) is 0 Å². The predicted molar refractivity (Wildman–Crippen MR) is 63.7 cm³/mol. The number of hydrogen-bond donors (Lipinski definition) is 1. The average molecular weight is 245 g/mol. The molecule has 1 fully saturated rings. The Bertz CT molecular complexity index is 267. The SMILES string of the molecule is COC(=O)C(C)CN1CC(CO)OC(C)(C)C1. The number of carbonyl (C=O) groups excluding carboxylic acids is 1. The normalized spacial score (nSPS) is 26.5. The lowest BCUT2D eigenvalue weighted by molar-refractivity contribution is -0.158. The summed E-state index contributed by atoms with van der Waals surface area (Å²) in [6, 6.07) is 0. The second-order valence-electron chi connectivity index (χ2n) is 5.30. The van der Waals surface area contributed by atoms with Gasteiger partial charge in [-0.15, -0.1) is 0 Å². The van der Waals surface area contributed by atoms with Crippen LogP contribution in [0.3, 0.4) is 0 Å². The molecule has 1 rings (SSSR count). The minimum atomic E-state index is -0.290. The smallest absolute Gasteiger partial charge is 0.309 e. The number of nitrogens with zero attached hydrogens (tertiary/aromatic N) is 1. The van der Waals surface area contributed by atoms with Crippen molar-refractivity contribution < 1.29 is 19.4 Å². The summed E-state index contributed by atoms with van der Waals surface area (Å²) in [5.74, 6) is -0.358. The maximum Gasteiger partial charge on any atom is 0.309 e. The molecular formula is C12H23NO4. The van der Waals surface area contributed by atoms with Crippen LogP contribution in [0.1, 0.15) is 20.8 Å². The number of morpholine rings is 1. The molecule has 0 aliphatic carbocycles. The Labute approximate surface area is 103 Å². The van der Waals surface area contributed by atoms with Gasteiger partial charge in [0.05, 0.1) is 31.3 Å². The van der Waals surface area contributed by atoms with Crippen LogP contribution in [0, 0.1) is 5.92 Å². The van der Waals surface area contributed by atoms with Crippen molar-refractivity contribution in [1.82, 2.24) is 4.90 Å². The number of ether oxygens (including phenoxy) is 2. The van der Waals surface area contributed by atoms with E-state index in [2.05, 4.69) is 4.90 Å². The molecule has 0 spiro atoms. The summed E-state index contributed by atoms with van der Waals surface area (Å²) in [6.07, 6.45) is -0.177. The van der Waals surface area contributed by atoms with Crippen LogP contribution in [0.25, 0.3) is 0 Å². The van der Waals surface area contributed by atoms with Gasteiger partial charge in [-0.05, 0) is 13.8 Å². The minimum absolute atomic E-state index is 0.00648. The van der Waals surface area contributed by atoms with E-state index in [-0.39, 0.29) is 30.2 Å². The van der Waals surface area contributed by atoms with E-state index in [1.165, 1.54) is 7.11 Å². The molecule has 1 aliphatic rings. The van der Waals surface area contributed by atoms with Gasteiger partial charge in [-0.25, -0.2) is 0 Å². The molecule has 0 amide bonds. The van der Waals surface area contributed by atoms with Crippen LogP contribution in [0.4, 0.5) is 0 Å². The highest BCUT2D eigenvalue weighted by atomic mass is 16.5. The van der Waals surface area contributed by atoms with Gasteiger partial charge in [0.1, 0.15) is 0 Å². The Kier molecular flexibility index (Phi) is 4.91. The van der Waals surface area contributed by atoms with Crippen LogP contribution in [0.5, 0.6) is 0 Å².